The number of aromatic nitrogens is 1. The highest BCUT2D eigenvalue weighted by Gasteiger charge is 2.37. The summed E-state index contributed by atoms with van der Waals surface area (Å²) in [5.41, 5.74) is 2.15. The minimum absolute atomic E-state index is 0.0189. The smallest absolute Gasteiger partial charge is 0.252 e. The Bertz CT molecular complexity index is 841. The first kappa shape index (κ1) is 17.7. The van der Waals surface area contributed by atoms with E-state index in [0.717, 1.165) is 54.6 Å². The minimum atomic E-state index is -0.641. The van der Waals surface area contributed by atoms with Crippen LogP contribution >= 0.6 is 0 Å². The number of β-amino-alcohol motifs (C(OH)–C–C–N with tert-alkyl or cyclic N) is 1. The van der Waals surface area contributed by atoms with E-state index in [1.54, 1.807) is 0 Å². The summed E-state index contributed by atoms with van der Waals surface area (Å²) in [5.74, 6) is 0. The van der Waals surface area contributed by atoms with Gasteiger partial charge in [0.05, 0.1) is 5.60 Å². The number of aromatic amines is 1. The molecule has 5 nitrogen and oxygen atoms in total. The number of rotatable bonds is 4. The lowest BCUT2D eigenvalue weighted by Gasteiger charge is -2.33. The van der Waals surface area contributed by atoms with Crippen LogP contribution in [0.2, 0.25) is 0 Å². The number of nitrogens with one attached hydrogen (secondary N) is 1. The number of likely N-dealkylation sites (tertiary alicyclic amines) is 2. The average Bonchev–Trinajstić information content (AvgIpc) is 2.97. The van der Waals surface area contributed by atoms with Gasteiger partial charge in [-0.1, -0.05) is 18.6 Å². The molecule has 1 aromatic heterocycles. The molecule has 2 aliphatic heterocycles. The summed E-state index contributed by atoms with van der Waals surface area (Å²) in [6.45, 7) is 7.08. The maximum Gasteiger partial charge on any atom is 0.252 e. The molecular weight excluding hydrogens is 326 g/mol. The molecule has 0 aliphatic carbocycles. The van der Waals surface area contributed by atoms with Crippen LogP contribution in [0.4, 0.5) is 0 Å². The van der Waals surface area contributed by atoms with E-state index in [1.165, 1.54) is 19.3 Å². The van der Waals surface area contributed by atoms with Crippen LogP contribution in [0, 0.1) is 6.92 Å². The Morgan fingerprint density at radius 3 is 2.73 bits per heavy atom. The largest absolute Gasteiger partial charge is 0.387 e. The van der Waals surface area contributed by atoms with Gasteiger partial charge >= 0.3 is 0 Å². The van der Waals surface area contributed by atoms with Crippen LogP contribution in [0.3, 0.4) is 0 Å². The van der Waals surface area contributed by atoms with Crippen LogP contribution in [-0.2, 0) is 6.54 Å². The Labute approximate surface area is 154 Å². The second kappa shape index (κ2) is 7.14. The van der Waals surface area contributed by atoms with Crippen LogP contribution < -0.4 is 5.56 Å². The first-order chi connectivity index (χ1) is 12.5. The van der Waals surface area contributed by atoms with Gasteiger partial charge in [-0.25, -0.2) is 0 Å². The van der Waals surface area contributed by atoms with Crippen molar-refractivity contribution in [1.82, 2.24) is 14.8 Å². The van der Waals surface area contributed by atoms with Gasteiger partial charge in [0.25, 0.3) is 5.56 Å². The number of H-pyrrole nitrogens is 1. The Hall–Kier alpha value is -1.69. The molecule has 2 saturated heterocycles. The quantitative estimate of drug-likeness (QED) is 0.883. The van der Waals surface area contributed by atoms with Crippen molar-refractivity contribution in [3.63, 3.8) is 0 Å². The summed E-state index contributed by atoms with van der Waals surface area (Å²) >= 11 is 0. The van der Waals surface area contributed by atoms with Crippen LogP contribution in [-0.4, -0.2) is 58.2 Å². The Balaban J connectivity index is 1.44. The zero-order valence-electron chi connectivity index (χ0n) is 15.6. The van der Waals surface area contributed by atoms with Crippen LogP contribution in [0.5, 0.6) is 0 Å². The van der Waals surface area contributed by atoms with Gasteiger partial charge < -0.3 is 15.0 Å². The number of piperidine rings is 1. The average molecular weight is 355 g/mol. The van der Waals surface area contributed by atoms with Gasteiger partial charge in [0.15, 0.2) is 0 Å². The molecule has 5 heteroatoms. The van der Waals surface area contributed by atoms with Gasteiger partial charge in [0.1, 0.15) is 0 Å². The van der Waals surface area contributed by atoms with Gasteiger partial charge in [0, 0.05) is 37.3 Å². The molecule has 0 saturated carbocycles. The molecule has 2 N–H and O–H groups in total. The lowest BCUT2D eigenvalue weighted by Crippen LogP contribution is -2.46. The molecule has 0 unspecified atom stereocenters. The lowest BCUT2D eigenvalue weighted by molar-refractivity contribution is 0.00632. The molecule has 0 spiro atoms. The molecule has 0 radical (unpaired) electrons. The third kappa shape index (κ3) is 3.85. The van der Waals surface area contributed by atoms with Crippen molar-refractivity contribution in [2.75, 3.05) is 32.7 Å². The van der Waals surface area contributed by atoms with E-state index >= 15 is 0 Å². The molecule has 2 aliphatic rings. The van der Waals surface area contributed by atoms with E-state index < -0.39 is 5.60 Å². The summed E-state index contributed by atoms with van der Waals surface area (Å²) in [4.78, 5) is 20.1. The third-order valence-electron chi connectivity index (χ3n) is 5.85. The number of hydrogen-bond donors (Lipinski definition) is 2. The molecule has 3 heterocycles. The minimum Gasteiger partial charge on any atom is -0.387 e. The van der Waals surface area contributed by atoms with Crippen LogP contribution in [0.1, 0.15) is 36.8 Å². The van der Waals surface area contributed by atoms with Crippen LogP contribution in [0.25, 0.3) is 10.9 Å². The fraction of sp³-hybridized carbons (Fsp3) is 0.571. The SMILES string of the molecule is Cc1ccc2cc(CN3CC[C@](O)(CN4CCCCC4)C3)c(=O)[nH]c2c1. The molecule has 2 aromatic rings. The van der Waals surface area contributed by atoms with Crippen molar-refractivity contribution in [1.29, 1.82) is 0 Å². The second-order valence-electron chi connectivity index (χ2n) is 8.24. The normalized spacial score (nSPS) is 25.2. The van der Waals surface area contributed by atoms with Gasteiger partial charge in [-0.05, 0) is 62.4 Å². The Morgan fingerprint density at radius 1 is 1.12 bits per heavy atom. The second-order valence-corrected chi connectivity index (χ2v) is 8.24. The van der Waals surface area contributed by atoms with E-state index in [9.17, 15) is 9.90 Å². The summed E-state index contributed by atoms with van der Waals surface area (Å²) in [5, 5.41) is 12.1. The Kier molecular flexibility index (Phi) is 4.86. The fourth-order valence-corrected chi connectivity index (χ4v) is 4.46. The molecule has 0 amide bonds. The van der Waals surface area contributed by atoms with E-state index in [4.69, 9.17) is 0 Å². The third-order valence-corrected chi connectivity index (χ3v) is 5.85. The number of aryl methyl sites for hydroxylation is 1. The number of pyridine rings is 1. The zero-order valence-corrected chi connectivity index (χ0v) is 15.6. The Morgan fingerprint density at radius 2 is 1.92 bits per heavy atom. The van der Waals surface area contributed by atoms with Crippen molar-refractivity contribution in [3.8, 4) is 0 Å². The maximum atomic E-state index is 12.5. The highest BCUT2D eigenvalue weighted by atomic mass is 16.3. The first-order valence-electron chi connectivity index (χ1n) is 9.80. The summed E-state index contributed by atoms with van der Waals surface area (Å²) in [6, 6.07) is 8.13. The first-order valence-corrected chi connectivity index (χ1v) is 9.80. The molecule has 1 aromatic carbocycles. The van der Waals surface area contributed by atoms with Gasteiger partial charge in [-0.15, -0.1) is 0 Å². The van der Waals surface area contributed by atoms with Crippen molar-refractivity contribution in [2.24, 2.45) is 0 Å². The molecule has 0 bridgehead atoms. The predicted octanol–water partition coefficient (Wildman–Crippen LogP) is 2.26. The number of benzene rings is 1. The fourth-order valence-electron chi connectivity index (χ4n) is 4.46. The number of aliphatic hydroxyl groups is 1. The van der Waals surface area contributed by atoms with E-state index in [1.807, 2.05) is 19.1 Å². The zero-order chi connectivity index (χ0) is 18.1. The molecular formula is C21H29N3O2. The van der Waals surface area contributed by atoms with E-state index in [-0.39, 0.29) is 5.56 Å². The standard InChI is InChI=1S/C21H29N3O2/c1-16-5-6-17-12-18(20(25)22-19(17)11-16)13-24-10-7-21(26,15-24)14-23-8-3-2-4-9-23/h5-6,11-12,26H,2-4,7-10,13-15H2,1H3,(H,22,25)/t21-/m0/s1. The summed E-state index contributed by atoms with van der Waals surface area (Å²) < 4.78 is 0. The summed E-state index contributed by atoms with van der Waals surface area (Å²) in [6.07, 6.45) is 4.58. The topological polar surface area (TPSA) is 59.6 Å². The van der Waals surface area contributed by atoms with Crippen molar-refractivity contribution < 1.29 is 5.11 Å². The predicted molar refractivity (Wildman–Crippen MR) is 104 cm³/mol. The number of fused-ring (bicyclic) bond motifs is 1. The van der Waals surface area contributed by atoms with Gasteiger partial charge in [-0.3, -0.25) is 9.69 Å². The molecule has 1 atom stereocenters. The van der Waals surface area contributed by atoms with Crippen molar-refractivity contribution >= 4 is 10.9 Å². The maximum absolute atomic E-state index is 12.5. The van der Waals surface area contributed by atoms with Crippen molar-refractivity contribution in [2.45, 2.75) is 44.8 Å². The molecule has 2 fully saturated rings. The lowest BCUT2D eigenvalue weighted by atomic mass is 10.0. The van der Waals surface area contributed by atoms with Crippen molar-refractivity contribution in [3.05, 3.63) is 45.7 Å². The van der Waals surface area contributed by atoms with Gasteiger partial charge in [-0.2, -0.15) is 0 Å². The van der Waals surface area contributed by atoms with Gasteiger partial charge in [0.2, 0.25) is 0 Å². The monoisotopic (exact) mass is 355 g/mol. The summed E-state index contributed by atoms with van der Waals surface area (Å²) in [7, 11) is 0. The highest BCUT2D eigenvalue weighted by Crippen LogP contribution is 2.25. The molecule has 4 rings (SSSR count). The van der Waals surface area contributed by atoms with E-state index in [0.29, 0.717) is 13.1 Å². The molecule has 140 valence electrons. The van der Waals surface area contributed by atoms with E-state index in [2.05, 4.69) is 26.9 Å². The highest BCUT2D eigenvalue weighted by molar-refractivity contribution is 5.79. The number of hydrogen-bond acceptors (Lipinski definition) is 4. The van der Waals surface area contributed by atoms with Crippen LogP contribution in [0.15, 0.2) is 29.1 Å². The number of nitrogens with zero attached hydrogens (tertiary/aromatic N) is 2. The molecule has 26 heavy (non-hydrogen) atoms.